The van der Waals surface area contributed by atoms with Crippen LogP contribution in [0.25, 0.3) is 0 Å². The average Bonchev–Trinajstić information content (AvgIpc) is 2.54. The van der Waals surface area contributed by atoms with Gasteiger partial charge < -0.3 is 4.90 Å². The van der Waals surface area contributed by atoms with Crippen molar-refractivity contribution in [3.05, 3.63) is 29.8 Å². The normalized spacial score (nSPS) is 26.7. The number of rotatable bonds is 4. The zero-order valence-electron chi connectivity index (χ0n) is 13.7. The molecule has 2 saturated heterocycles. The van der Waals surface area contributed by atoms with Gasteiger partial charge in [-0.15, -0.1) is 0 Å². The number of fused-ring (bicyclic) bond motifs is 1. The van der Waals surface area contributed by atoms with E-state index in [2.05, 4.69) is 47.9 Å². The highest BCUT2D eigenvalue weighted by atomic mass is 15.3. The van der Waals surface area contributed by atoms with Crippen molar-refractivity contribution in [2.45, 2.75) is 64.5 Å². The summed E-state index contributed by atoms with van der Waals surface area (Å²) < 4.78 is 0. The van der Waals surface area contributed by atoms with Crippen LogP contribution < -0.4 is 4.90 Å². The van der Waals surface area contributed by atoms with Crippen molar-refractivity contribution in [3.8, 4) is 0 Å². The molecule has 2 aliphatic heterocycles. The lowest BCUT2D eigenvalue weighted by Gasteiger charge is -2.49. The van der Waals surface area contributed by atoms with Crippen molar-refractivity contribution >= 4 is 5.69 Å². The Morgan fingerprint density at radius 2 is 1.86 bits per heavy atom. The molecule has 2 fully saturated rings. The van der Waals surface area contributed by atoms with Gasteiger partial charge in [0.1, 0.15) is 0 Å². The third-order valence-electron chi connectivity index (χ3n) is 5.32. The van der Waals surface area contributed by atoms with Gasteiger partial charge in [-0.2, -0.15) is 0 Å². The van der Waals surface area contributed by atoms with Gasteiger partial charge in [0.2, 0.25) is 0 Å². The number of benzene rings is 1. The third-order valence-corrected chi connectivity index (χ3v) is 5.32. The molecule has 1 aromatic rings. The van der Waals surface area contributed by atoms with Crippen LogP contribution in [0.1, 0.15) is 51.5 Å². The van der Waals surface area contributed by atoms with Crippen LogP contribution in [0.5, 0.6) is 0 Å². The molecule has 0 aromatic heterocycles. The summed E-state index contributed by atoms with van der Waals surface area (Å²) in [5.41, 5.74) is 2.91. The molecule has 3 rings (SSSR count). The van der Waals surface area contributed by atoms with Crippen LogP contribution in [0.4, 0.5) is 5.69 Å². The molecule has 2 heteroatoms. The third kappa shape index (κ3) is 3.26. The van der Waals surface area contributed by atoms with Gasteiger partial charge in [-0.25, -0.2) is 0 Å². The second kappa shape index (κ2) is 6.83. The van der Waals surface area contributed by atoms with E-state index in [1.54, 1.807) is 0 Å². The maximum Gasteiger partial charge on any atom is 0.0415 e. The lowest BCUT2D eigenvalue weighted by molar-refractivity contribution is 0.111. The number of nitrogens with zero attached hydrogens (tertiary/aromatic N) is 2. The summed E-state index contributed by atoms with van der Waals surface area (Å²) in [4.78, 5) is 5.43. The highest BCUT2D eigenvalue weighted by molar-refractivity contribution is 5.49. The Morgan fingerprint density at radius 1 is 1.05 bits per heavy atom. The second-order valence-corrected chi connectivity index (χ2v) is 6.78. The molecule has 0 N–H and O–H groups in total. The Balaban J connectivity index is 1.75. The Bertz CT molecular complexity index is 439. The summed E-state index contributed by atoms with van der Waals surface area (Å²) >= 11 is 0. The molecule has 0 aliphatic carbocycles. The number of aryl methyl sites for hydroxylation is 1. The molecule has 2 nitrogen and oxygen atoms in total. The first-order valence-electron chi connectivity index (χ1n) is 8.91. The van der Waals surface area contributed by atoms with Crippen molar-refractivity contribution in [1.82, 2.24) is 4.90 Å². The van der Waals surface area contributed by atoms with Crippen molar-refractivity contribution in [1.29, 1.82) is 0 Å². The number of hydrogen-bond acceptors (Lipinski definition) is 2. The fourth-order valence-electron chi connectivity index (χ4n) is 4.06. The Hall–Kier alpha value is -1.02. The van der Waals surface area contributed by atoms with Gasteiger partial charge in [0.25, 0.3) is 0 Å². The molecule has 2 unspecified atom stereocenters. The molecular formula is C19H30N2. The van der Waals surface area contributed by atoms with Gasteiger partial charge in [0, 0.05) is 30.9 Å². The van der Waals surface area contributed by atoms with E-state index in [4.69, 9.17) is 0 Å². The van der Waals surface area contributed by atoms with Crippen molar-refractivity contribution < 1.29 is 0 Å². The van der Waals surface area contributed by atoms with Crippen LogP contribution >= 0.6 is 0 Å². The molecule has 21 heavy (non-hydrogen) atoms. The minimum atomic E-state index is 0.691. The first kappa shape index (κ1) is 14.9. The topological polar surface area (TPSA) is 6.48 Å². The van der Waals surface area contributed by atoms with Crippen LogP contribution in [-0.4, -0.2) is 36.6 Å². The largest absolute Gasteiger partial charge is 0.366 e. The van der Waals surface area contributed by atoms with Gasteiger partial charge in [-0.1, -0.05) is 38.8 Å². The summed E-state index contributed by atoms with van der Waals surface area (Å²) in [5, 5.41) is 0. The van der Waals surface area contributed by atoms with Crippen LogP contribution in [0.3, 0.4) is 0 Å². The monoisotopic (exact) mass is 286 g/mol. The Morgan fingerprint density at radius 3 is 2.57 bits per heavy atom. The second-order valence-electron chi connectivity index (χ2n) is 6.78. The predicted molar refractivity (Wildman–Crippen MR) is 91.1 cm³/mol. The van der Waals surface area contributed by atoms with E-state index in [0.717, 1.165) is 6.04 Å². The predicted octanol–water partition coefficient (Wildman–Crippen LogP) is 4.09. The minimum absolute atomic E-state index is 0.691. The molecule has 0 saturated carbocycles. The Labute approximate surface area is 130 Å². The summed E-state index contributed by atoms with van der Waals surface area (Å²) in [6, 6.07) is 10.9. The summed E-state index contributed by atoms with van der Waals surface area (Å²) in [7, 11) is 0. The zero-order chi connectivity index (χ0) is 14.7. The van der Waals surface area contributed by atoms with E-state index in [0.29, 0.717) is 6.04 Å². The van der Waals surface area contributed by atoms with E-state index in [1.807, 2.05) is 0 Å². The van der Waals surface area contributed by atoms with Crippen molar-refractivity contribution in [2.75, 3.05) is 24.5 Å². The first-order chi connectivity index (χ1) is 10.3. The van der Waals surface area contributed by atoms with Crippen LogP contribution in [-0.2, 0) is 6.42 Å². The molecule has 0 amide bonds. The minimum Gasteiger partial charge on any atom is -0.366 e. The lowest BCUT2D eigenvalue weighted by atomic mass is 9.95. The quantitative estimate of drug-likeness (QED) is 0.822. The number of piperazine rings is 1. The van der Waals surface area contributed by atoms with E-state index in [-0.39, 0.29) is 0 Å². The fraction of sp³-hybridized carbons (Fsp3) is 0.684. The maximum absolute atomic E-state index is 2.75. The van der Waals surface area contributed by atoms with Gasteiger partial charge in [-0.3, -0.25) is 4.90 Å². The van der Waals surface area contributed by atoms with Crippen molar-refractivity contribution in [2.24, 2.45) is 0 Å². The van der Waals surface area contributed by atoms with Gasteiger partial charge in [0.15, 0.2) is 0 Å². The fourth-order valence-corrected chi connectivity index (χ4v) is 4.06. The standard InChI is InChI=1S/C19H30N2/c1-3-7-16-9-11-18(12-10-16)21-15-19-8-5-6-13-20(19)14-17(21)4-2/h9-12,17,19H,3-8,13-15H2,1-2H3. The molecule has 0 spiro atoms. The average molecular weight is 286 g/mol. The highest BCUT2D eigenvalue weighted by Crippen LogP contribution is 2.29. The van der Waals surface area contributed by atoms with Gasteiger partial charge in [0.05, 0.1) is 0 Å². The van der Waals surface area contributed by atoms with E-state index in [1.165, 1.54) is 69.4 Å². The van der Waals surface area contributed by atoms with Gasteiger partial charge in [-0.05, 0) is 49.9 Å². The number of hydrogen-bond donors (Lipinski definition) is 0. The highest BCUT2D eigenvalue weighted by Gasteiger charge is 2.34. The molecule has 0 bridgehead atoms. The van der Waals surface area contributed by atoms with E-state index >= 15 is 0 Å². The maximum atomic E-state index is 2.75. The molecule has 0 radical (unpaired) electrons. The molecule has 116 valence electrons. The first-order valence-corrected chi connectivity index (χ1v) is 8.91. The summed E-state index contributed by atoms with van der Waals surface area (Å²) in [6.07, 6.45) is 7.90. The number of piperidine rings is 1. The zero-order valence-corrected chi connectivity index (χ0v) is 13.7. The van der Waals surface area contributed by atoms with Crippen LogP contribution in [0.15, 0.2) is 24.3 Å². The summed E-state index contributed by atoms with van der Waals surface area (Å²) in [6.45, 7) is 8.41. The molecule has 1 aromatic carbocycles. The van der Waals surface area contributed by atoms with E-state index < -0.39 is 0 Å². The van der Waals surface area contributed by atoms with E-state index in [9.17, 15) is 0 Å². The molecule has 2 atom stereocenters. The number of anilines is 1. The SMILES string of the molecule is CCCc1ccc(N2CC3CCCCN3CC2CC)cc1. The molecule has 2 aliphatic rings. The molecule has 2 heterocycles. The smallest absolute Gasteiger partial charge is 0.0415 e. The Kier molecular flexibility index (Phi) is 4.84. The van der Waals surface area contributed by atoms with Crippen LogP contribution in [0, 0.1) is 0 Å². The summed E-state index contributed by atoms with van der Waals surface area (Å²) in [5.74, 6) is 0. The van der Waals surface area contributed by atoms with Crippen molar-refractivity contribution in [3.63, 3.8) is 0 Å². The lowest BCUT2D eigenvalue weighted by Crippen LogP contribution is -2.59. The van der Waals surface area contributed by atoms with Gasteiger partial charge >= 0.3 is 0 Å². The molecular weight excluding hydrogens is 256 g/mol. The van der Waals surface area contributed by atoms with Crippen LogP contribution in [0.2, 0.25) is 0 Å².